The molecule has 0 unspecified atom stereocenters. The summed E-state index contributed by atoms with van der Waals surface area (Å²) >= 11 is 0. The maximum Gasteiger partial charge on any atom is 0.329 e. The van der Waals surface area contributed by atoms with E-state index in [4.69, 9.17) is 0 Å². The Balaban J connectivity index is 3.05. The van der Waals surface area contributed by atoms with Crippen molar-refractivity contribution < 1.29 is 14.3 Å². The van der Waals surface area contributed by atoms with Gasteiger partial charge >= 0.3 is 5.97 Å². The van der Waals surface area contributed by atoms with Crippen LogP contribution in [0, 0.1) is 12.7 Å². The molecular weight excluding hydrogens is 221 g/mol. The minimum Gasteiger partial charge on any atom is -0.480 e. The zero-order chi connectivity index (χ0) is 13.1. The average molecular weight is 239 g/mol. The molecule has 94 valence electrons. The van der Waals surface area contributed by atoms with Crippen molar-refractivity contribution in [3.63, 3.8) is 0 Å². The quantitative estimate of drug-likeness (QED) is 0.829. The van der Waals surface area contributed by atoms with Crippen LogP contribution in [-0.4, -0.2) is 16.6 Å². The molecule has 0 spiro atoms. The molecule has 0 fully saturated rings. The summed E-state index contributed by atoms with van der Waals surface area (Å²) < 4.78 is 13.0. The standard InChI is InChI=1S/C13H18FNO2/c1-4-13(5-2,12(16)17)15-11-7-6-10(14)8-9(11)3/h6-8,15H,4-5H2,1-3H3,(H,16,17). The summed E-state index contributed by atoms with van der Waals surface area (Å²) in [5.41, 5.74) is 0.387. The molecule has 3 nitrogen and oxygen atoms in total. The lowest BCUT2D eigenvalue weighted by Gasteiger charge is -2.30. The molecule has 0 saturated carbocycles. The Morgan fingerprint density at radius 3 is 2.41 bits per heavy atom. The lowest BCUT2D eigenvalue weighted by Crippen LogP contribution is -2.45. The number of anilines is 1. The van der Waals surface area contributed by atoms with Gasteiger partial charge in [-0.15, -0.1) is 0 Å². The van der Waals surface area contributed by atoms with Crippen molar-refractivity contribution >= 4 is 11.7 Å². The second kappa shape index (κ2) is 5.17. The van der Waals surface area contributed by atoms with E-state index in [9.17, 15) is 14.3 Å². The molecule has 0 heterocycles. The predicted molar refractivity (Wildman–Crippen MR) is 65.7 cm³/mol. The maximum absolute atomic E-state index is 13.0. The Bertz CT molecular complexity index is 414. The minimum atomic E-state index is -0.984. The monoisotopic (exact) mass is 239 g/mol. The van der Waals surface area contributed by atoms with E-state index in [-0.39, 0.29) is 5.82 Å². The second-order valence-corrected chi connectivity index (χ2v) is 4.18. The Kier molecular flexibility index (Phi) is 4.10. The fourth-order valence-corrected chi connectivity index (χ4v) is 1.81. The van der Waals surface area contributed by atoms with Crippen LogP contribution in [0.15, 0.2) is 18.2 Å². The first-order valence-electron chi connectivity index (χ1n) is 5.73. The first-order valence-corrected chi connectivity index (χ1v) is 5.73. The highest BCUT2D eigenvalue weighted by atomic mass is 19.1. The van der Waals surface area contributed by atoms with Crippen molar-refractivity contribution in [3.05, 3.63) is 29.6 Å². The highest BCUT2D eigenvalue weighted by Gasteiger charge is 2.34. The smallest absolute Gasteiger partial charge is 0.329 e. The minimum absolute atomic E-state index is 0.318. The molecule has 0 radical (unpaired) electrons. The predicted octanol–water partition coefficient (Wildman–Crippen LogP) is 3.19. The molecular formula is C13H18FNO2. The Hall–Kier alpha value is -1.58. The van der Waals surface area contributed by atoms with Crippen LogP contribution in [0.1, 0.15) is 32.3 Å². The van der Waals surface area contributed by atoms with Gasteiger partial charge in [-0.25, -0.2) is 9.18 Å². The van der Waals surface area contributed by atoms with Crippen LogP contribution in [0.3, 0.4) is 0 Å². The zero-order valence-electron chi connectivity index (χ0n) is 10.4. The van der Waals surface area contributed by atoms with Crippen LogP contribution < -0.4 is 5.32 Å². The molecule has 0 bridgehead atoms. The van der Waals surface area contributed by atoms with Gasteiger partial charge in [-0.05, 0) is 43.5 Å². The Morgan fingerprint density at radius 1 is 1.41 bits per heavy atom. The molecule has 1 aromatic rings. The molecule has 0 aliphatic heterocycles. The number of rotatable bonds is 5. The fraction of sp³-hybridized carbons (Fsp3) is 0.462. The summed E-state index contributed by atoms with van der Waals surface area (Å²) in [4.78, 5) is 11.3. The van der Waals surface area contributed by atoms with Crippen LogP contribution in [0.4, 0.5) is 10.1 Å². The molecule has 0 saturated heterocycles. The van der Waals surface area contributed by atoms with Crippen molar-refractivity contribution in [1.29, 1.82) is 0 Å². The third-order valence-electron chi connectivity index (χ3n) is 3.18. The number of hydrogen-bond acceptors (Lipinski definition) is 2. The SMILES string of the molecule is CCC(CC)(Nc1ccc(F)cc1C)C(=O)O. The van der Waals surface area contributed by atoms with Gasteiger partial charge in [-0.3, -0.25) is 0 Å². The lowest BCUT2D eigenvalue weighted by atomic mass is 9.92. The third kappa shape index (κ3) is 2.75. The van der Waals surface area contributed by atoms with Gasteiger partial charge in [0.1, 0.15) is 11.4 Å². The molecule has 0 atom stereocenters. The van der Waals surface area contributed by atoms with E-state index in [0.29, 0.717) is 24.1 Å². The zero-order valence-corrected chi connectivity index (χ0v) is 10.4. The number of carboxylic acid groups (broad SMARTS) is 1. The van der Waals surface area contributed by atoms with E-state index >= 15 is 0 Å². The van der Waals surface area contributed by atoms with E-state index in [1.807, 2.05) is 13.8 Å². The number of hydrogen-bond donors (Lipinski definition) is 2. The number of benzene rings is 1. The molecule has 1 rings (SSSR count). The van der Waals surface area contributed by atoms with Gasteiger partial charge in [0.25, 0.3) is 0 Å². The third-order valence-corrected chi connectivity index (χ3v) is 3.18. The molecule has 0 aromatic heterocycles. The molecule has 0 amide bonds. The van der Waals surface area contributed by atoms with Gasteiger partial charge in [0.2, 0.25) is 0 Å². The summed E-state index contributed by atoms with van der Waals surface area (Å²) in [5, 5.41) is 12.3. The highest BCUT2D eigenvalue weighted by Crippen LogP contribution is 2.25. The number of halogens is 1. The van der Waals surface area contributed by atoms with Crippen molar-refractivity contribution in [2.24, 2.45) is 0 Å². The number of nitrogens with one attached hydrogen (secondary N) is 1. The van der Waals surface area contributed by atoms with E-state index < -0.39 is 11.5 Å². The lowest BCUT2D eigenvalue weighted by molar-refractivity contribution is -0.142. The summed E-state index contributed by atoms with van der Waals surface area (Å²) in [6, 6.07) is 4.29. The largest absolute Gasteiger partial charge is 0.480 e. The van der Waals surface area contributed by atoms with Crippen LogP contribution in [0.5, 0.6) is 0 Å². The van der Waals surface area contributed by atoms with Crippen molar-refractivity contribution in [2.45, 2.75) is 39.2 Å². The van der Waals surface area contributed by atoms with Crippen molar-refractivity contribution in [1.82, 2.24) is 0 Å². The Labute approximate surface area is 101 Å². The molecule has 2 N–H and O–H groups in total. The highest BCUT2D eigenvalue weighted by molar-refractivity contribution is 5.83. The Morgan fingerprint density at radius 2 is 2.00 bits per heavy atom. The van der Waals surface area contributed by atoms with Crippen molar-refractivity contribution in [2.75, 3.05) is 5.32 Å². The van der Waals surface area contributed by atoms with Crippen LogP contribution >= 0.6 is 0 Å². The molecule has 17 heavy (non-hydrogen) atoms. The van der Waals surface area contributed by atoms with Gasteiger partial charge in [-0.1, -0.05) is 13.8 Å². The van der Waals surface area contributed by atoms with Crippen LogP contribution in [0.2, 0.25) is 0 Å². The molecule has 4 heteroatoms. The average Bonchev–Trinajstić information content (AvgIpc) is 2.28. The van der Waals surface area contributed by atoms with Crippen molar-refractivity contribution in [3.8, 4) is 0 Å². The summed E-state index contributed by atoms with van der Waals surface area (Å²) in [7, 11) is 0. The van der Waals surface area contributed by atoms with E-state index in [1.165, 1.54) is 12.1 Å². The summed E-state index contributed by atoms with van der Waals surface area (Å²) in [6.07, 6.45) is 0.936. The molecule has 1 aromatic carbocycles. The number of aryl methyl sites for hydroxylation is 1. The van der Waals surface area contributed by atoms with E-state index in [1.54, 1.807) is 13.0 Å². The van der Waals surface area contributed by atoms with E-state index in [0.717, 1.165) is 0 Å². The maximum atomic E-state index is 13.0. The normalized spacial score (nSPS) is 11.3. The van der Waals surface area contributed by atoms with Gasteiger partial charge in [0.05, 0.1) is 0 Å². The fourth-order valence-electron chi connectivity index (χ4n) is 1.81. The number of carbonyl (C=O) groups is 1. The number of carboxylic acids is 1. The van der Waals surface area contributed by atoms with E-state index in [2.05, 4.69) is 5.32 Å². The summed E-state index contributed by atoms with van der Waals surface area (Å²) in [6.45, 7) is 5.40. The van der Waals surface area contributed by atoms with Gasteiger partial charge < -0.3 is 10.4 Å². The molecule has 0 aliphatic rings. The van der Waals surface area contributed by atoms with Gasteiger partial charge in [-0.2, -0.15) is 0 Å². The van der Waals surface area contributed by atoms with Gasteiger partial charge in [0.15, 0.2) is 0 Å². The first-order chi connectivity index (χ1) is 7.95. The topological polar surface area (TPSA) is 49.3 Å². The summed E-state index contributed by atoms with van der Waals surface area (Å²) in [5.74, 6) is -1.20. The van der Waals surface area contributed by atoms with Crippen LogP contribution in [-0.2, 0) is 4.79 Å². The second-order valence-electron chi connectivity index (χ2n) is 4.18. The molecule has 0 aliphatic carbocycles. The van der Waals surface area contributed by atoms with Crippen LogP contribution in [0.25, 0.3) is 0 Å². The number of aliphatic carboxylic acids is 1. The first kappa shape index (κ1) is 13.5. The van der Waals surface area contributed by atoms with Gasteiger partial charge in [0, 0.05) is 5.69 Å².